The summed E-state index contributed by atoms with van der Waals surface area (Å²) in [5, 5.41) is 3.23. The summed E-state index contributed by atoms with van der Waals surface area (Å²) in [6.45, 7) is 2.47. The Kier molecular flexibility index (Phi) is 9.14. The van der Waals surface area contributed by atoms with Crippen molar-refractivity contribution in [3.63, 3.8) is 0 Å². The molecule has 196 valence electrons. The molecule has 4 rings (SSSR count). The molecule has 0 saturated carbocycles. The molecule has 2 saturated heterocycles. The van der Waals surface area contributed by atoms with E-state index >= 15 is 0 Å². The van der Waals surface area contributed by atoms with Crippen LogP contribution in [0.25, 0.3) is 0 Å². The van der Waals surface area contributed by atoms with Gasteiger partial charge in [0, 0.05) is 37.9 Å². The van der Waals surface area contributed by atoms with E-state index in [-0.39, 0.29) is 29.3 Å². The minimum atomic E-state index is -0.988. The van der Waals surface area contributed by atoms with Crippen LogP contribution in [0, 0.1) is 0 Å². The minimum absolute atomic E-state index is 0.0180. The normalized spacial score (nSPS) is 29.9. The number of nitrogens with zero attached hydrogens (tertiary/aromatic N) is 1. The van der Waals surface area contributed by atoms with E-state index < -0.39 is 5.79 Å². The van der Waals surface area contributed by atoms with Crippen LogP contribution >= 0.6 is 11.8 Å². The zero-order valence-corrected chi connectivity index (χ0v) is 22.4. The lowest BCUT2D eigenvalue weighted by molar-refractivity contribution is -0.294. The first-order chi connectivity index (χ1) is 17.4. The lowest BCUT2D eigenvalue weighted by Gasteiger charge is -2.48. The molecule has 4 atom stereocenters. The average Bonchev–Trinajstić information content (AvgIpc) is 3.23. The maximum absolute atomic E-state index is 13.0. The second-order valence-corrected chi connectivity index (χ2v) is 10.9. The predicted molar refractivity (Wildman–Crippen MR) is 142 cm³/mol. The fourth-order valence-corrected chi connectivity index (χ4v) is 6.45. The molecule has 1 aromatic rings. The summed E-state index contributed by atoms with van der Waals surface area (Å²) in [5.74, 6) is 0.300. The Morgan fingerprint density at radius 1 is 1.17 bits per heavy atom. The van der Waals surface area contributed by atoms with Gasteiger partial charge in [0.1, 0.15) is 5.75 Å². The average molecular weight is 515 g/mol. The number of hydrogen-bond acceptors (Lipinski definition) is 6. The van der Waals surface area contributed by atoms with Gasteiger partial charge in [0.15, 0.2) is 5.79 Å². The Bertz CT molecular complexity index is 979. The van der Waals surface area contributed by atoms with Crippen molar-refractivity contribution in [2.24, 2.45) is 0 Å². The fourth-order valence-electron chi connectivity index (χ4n) is 5.36. The molecular formula is C28H38N2O5S. The zero-order valence-electron chi connectivity index (χ0n) is 21.5. The molecule has 1 aromatic carbocycles. The number of thioether (sulfide) groups is 1. The minimum Gasteiger partial charge on any atom is -0.497 e. The second-order valence-electron chi connectivity index (χ2n) is 9.90. The van der Waals surface area contributed by atoms with Crippen LogP contribution in [-0.2, 0) is 20.8 Å². The van der Waals surface area contributed by atoms with Crippen LogP contribution in [0.3, 0.4) is 0 Å². The van der Waals surface area contributed by atoms with E-state index in [1.165, 1.54) is 11.8 Å². The van der Waals surface area contributed by atoms with E-state index in [1.807, 2.05) is 36.1 Å². The van der Waals surface area contributed by atoms with Gasteiger partial charge < -0.3 is 24.4 Å². The van der Waals surface area contributed by atoms with Gasteiger partial charge in [-0.1, -0.05) is 41.6 Å². The molecule has 8 heteroatoms. The summed E-state index contributed by atoms with van der Waals surface area (Å²) < 4.78 is 18.1. The highest BCUT2D eigenvalue weighted by Gasteiger charge is 2.53. The van der Waals surface area contributed by atoms with E-state index in [0.29, 0.717) is 18.7 Å². The van der Waals surface area contributed by atoms with Crippen molar-refractivity contribution in [1.29, 1.82) is 0 Å². The highest BCUT2D eigenvalue weighted by atomic mass is 32.2. The molecule has 2 amide bonds. The van der Waals surface area contributed by atoms with Crippen LogP contribution in [0.4, 0.5) is 4.79 Å². The van der Waals surface area contributed by atoms with Crippen molar-refractivity contribution in [3.8, 4) is 5.75 Å². The summed E-state index contributed by atoms with van der Waals surface area (Å²) in [6, 6.07) is 7.41. The molecule has 0 aromatic heterocycles. The lowest BCUT2D eigenvalue weighted by atomic mass is 9.89. The first-order valence-electron chi connectivity index (χ1n) is 12.8. The van der Waals surface area contributed by atoms with E-state index in [4.69, 9.17) is 14.2 Å². The molecular weight excluding hydrogens is 476 g/mol. The predicted octanol–water partition coefficient (Wildman–Crippen LogP) is 5.21. The Labute approximate surface area is 218 Å². The van der Waals surface area contributed by atoms with Crippen LogP contribution in [0.1, 0.15) is 57.4 Å². The number of nitrogens with one attached hydrogen (secondary N) is 1. The molecule has 36 heavy (non-hydrogen) atoms. The quantitative estimate of drug-likeness (QED) is 0.544. The molecule has 0 spiro atoms. The van der Waals surface area contributed by atoms with Crippen molar-refractivity contribution in [3.05, 3.63) is 53.6 Å². The maximum atomic E-state index is 13.0. The second kappa shape index (κ2) is 12.3. The van der Waals surface area contributed by atoms with Gasteiger partial charge >= 0.3 is 0 Å². The molecule has 3 aliphatic heterocycles. The summed E-state index contributed by atoms with van der Waals surface area (Å²) >= 11 is 1.30. The summed E-state index contributed by atoms with van der Waals surface area (Å²) in [7, 11) is 3.30. The number of rotatable bonds is 5. The number of fused-ring (bicyclic) bond motifs is 2. The SMILES string of the molecule is COc1ccc(CN2C(=O)SC[C@H]2[C@@]2(OC)C[C@H]3C[C@@H](CCCC=CCCC(C)=CC(=O)N3)O2)cc1. The molecule has 0 unspecified atom stereocenters. The summed E-state index contributed by atoms with van der Waals surface area (Å²) in [5.41, 5.74) is 2.08. The van der Waals surface area contributed by atoms with E-state index in [2.05, 4.69) is 17.5 Å². The van der Waals surface area contributed by atoms with Gasteiger partial charge in [-0.05, 0) is 63.1 Å². The van der Waals surface area contributed by atoms with Crippen molar-refractivity contribution < 1.29 is 23.8 Å². The van der Waals surface area contributed by atoms with Gasteiger partial charge in [-0.15, -0.1) is 0 Å². The molecule has 2 bridgehead atoms. The molecule has 3 heterocycles. The summed E-state index contributed by atoms with van der Waals surface area (Å²) in [4.78, 5) is 27.7. The Morgan fingerprint density at radius 2 is 1.94 bits per heavy atom. The maximum Gasteiger partial charge on any atom is 0.282 e. The van der Waals surface area contributed by atoms with Crippen LogP contribution in [0.5, 0.6) is 5.75 Å². The standard InChI is InChI=1S/C28H38N2O5S/c1-20-9-7-5-4-6-8-10-24-16-22(29-26(31)15-20)17-28(34-3,35-24)25-19-36-27(32)30(25)18-21-11-13-23(33-2)14-12-21/h4-5,11-15,22,24-25H,6-10,16-19H2,1-3H3,(H,29,31)/t22-,24-,25+,28-/m1/s1. The van der Waals surface area contributed by atoms with Gasteiger partial charge in [-0.2, -0.15) is 0 Å². The number of benzene rings is 1. The van der Waals surface area contributed by atoms with Crippen molar-refractivity contribution in [1.82, 2.24) is 10.2 Å². The highest BCUT2D eigenvalue weighted by molar-refractivity contribution is 8.13. The van der Waals surface area contributed by atoms with Crippen LogP contribution in [0.2, 0.25) is 0 Å². The van der Waals surface area contributed by atoms with Crippen molar-refractivity contribution in [2.75, 3.05) is 20.0 Å². The van der Waals surface area contributed by atoms with Gasteiger partial charge in [-0.25, -0.2) is 0 Å². The molecule has 3 aliphatic rings. The molecule has 1 N–H and O–H groups in total. The Hall–Kier alpha value is -2.29. The van der Waals surface area contributed by atoms with Crippen molar-refractivity contribution in [2.45, 2.75) is 82.4 Å². The van der Waals surface area contributed by atoms with E-state index in [9.17, 15) is 9.59 Å². The number of carbonyl (C=O) groups is 2. The third kappa shape index (κ3) is 6.52. The number of hydrogen-bond donors (Lipinski definition) is 1. The fraction of sp³-hybridized carbons (Fsp3) is 0.571. The van der Waals surface area contributed by atoms with Crippen LogP contribution < -0.4 is 10.1 Å². The number of ether oxygens (including phenoxy) is 3. The van der Waals surface area contributed by atoms with Gasteiger partial charge in [0.2, 0.25) is 5.91 Å². The number of amides is 2. The topological polar surface area (TPSA) is 77.1 Å². The van der Waals surface area contributed by atoms with Crippen LogP contribution in [0.15, 0.2) is 48.1 Å². The van der Waals surface area contributed by atoms with Crippen LogP contribution in [-0.4, -0.2) is 60.0 Å². The zero-order chi connectivity index (χ0) is 25.5. The third-order valence-electron chi connectivity index (χ3n) is 7.28. The largest absolute Gasteiger partial charge is 0.497 e. The number of methoxy groups -OCH3 is 2. The molecule has 7 nitrogen and oxygen atoms in total. The Morgan fingerprint density at radius 3 is 2.69 bits per heavy atom. The van der Waals surface area contributed by atoms with Gasteiger partial charge in [0.25, 0.3) is 5.24 Å². The van der Waals surface area contributed by atoms with Gasteiger partial charge in [-0.3, -0.25) is 9.59 Å². The first-order valence-corrected chi connectivity index (χ1v) is 13.8. The molecule has 0 aliphatic carbocycles. The smallest absolute Gasteiger partial charge is 0.282 e. The van der Waals surface area contributed by atoms with Gasteiger partial charge in [0.05, 0.1) is 19.3 Å². The lowest BCUT2D eigenvalue weighted by Crippen LogP contribution is -2.62. The monoisotopic (exact) mass is 514 g/mol. The first kappa shape index (κ1) is 26.8. The molecule has 2 fully saturated rings. The van der Waals surface area contributed by atoms with Crippen molar-refractivity contribution >= 4 is 22.9 Å². The van der Waals surface area contributed by atoms with E-state index in [1.54, 1.807) is 20.3 Å². The summed E-state index contributed by atoms with van der Waals surface area (Å²) in [6.07, 6.45) is 12.0. The number of allylic oxidation sites excluding steroid dienone is 3. The molecule has 0 radical (unpaired) electrons. The highest BCUT2D eigenvalue weighted by Crippen LogP contribution is 2.42. The Balaban J connectivity index is 1.58. The van der Waals surface area contributed by atoms with E-state index in [0.717, 1.165) is 55.4 Å². The number of carbonyl (C=O) groups excluding carboxylic acids is 2. The third-order valence-corrected chi connectivity index (χ3v) is 8.24.